The lowest BCUT2D eigenvalue weighted by atomic mass is 9.97. The molecule has 296 valence electrons. The first-order chi connectivity index (χ1) is 30.2. The number of aromatic nitrogens is 2. The second-order valence-corrected chi connectivity index (χ2v) is 15.2. The van der Waals surface area contributed by atoms with Crippen LogP contribution in [0.15, 0.2) is 199 Å². The van der Waals surface area contributed by atoms with Gasteiger partial charge in [0.1, 0.15) is 11.2 Å². The molecule has 0 unspecified atom stereocenters. The minimum atomic E-state index is 0.906. The van der Waals surface area contributed by atoms with Crippen LogP contribution in [-0.4, -0.2) is 9.13 Å². The maximum Gasteiger partial charge on any atom is 0.135 e. The van der Waals surface area contributed by atoms with Gasteiger partial charge in [-0.05, 0) is 119 Å². The van der Waals surface area contributed by atoms with Gasteiger partial charge in [0, 0.05) is 43.7 Å². The highest BCUT2D eigenvalue weighted by Gasteiger charge is 2.17. The van der Waals surface area contributed by atoms with Crippen molar-refractivity contribution in [3.63, 3.8) is 0 Å². The minimum Gasteiger partial charge on any atom is -0.456 e. The zero-order valence-electron chi connectivity index (χ0n) is 35.2. The fraction of sp³-hybridized carbons (Fsp3) is 0.103. The molecule has 0 amide bonds. The third-order valence-corrected chi connectivity index (χ3v) is 11.9. The number of rotatable bonds is 5. The van der Waals surface area contributed by atoms with Gasteiger partial charge in [-0.3, -0.25) is 0 Å². The van der Waals surface area contributed by atoms with Gasteiger partial charge < -0.3 is 13.6 Å². The fourth-order valence-electron chi connectivity index (χ4n) is 9.22. The van der Waals surface area contributed by atoms with E-state index in [1.165, 1.54) is 77.0 Å². The highest BCUT2D eigenvalue weighted by Crippen LogP contribution is 2.40. The van der Waals surface area contributed by atoms with Crippen molar-refractivity contribution in [1.29, 1.82) is 0 Å². The predicted octanol–water partition coefficient (Wildman–Crippen LogP) is 16.9. The summed E-state index contributed by atoms with van der Waals surface area (Å²) in [6, 6.07) is 64.2. The molecule has 8 aromatic carbocycles. The van der Waals surface area contributed by atoms with E-state index in [0.29, 0.717) is 0 Å². The van der Waals surface area contributed by atoms with Gasteiger partial charge in [-0.2, -0.15) is 0 Å². The zero-order chi connectivity index (χ0) is 41.5. The van der Waals surface area contributed by atoms with Crippen LogP contribution in [0.1, 0.15) is 46.1 Å². The molecule has 0 atom stereocenters. The summed E-state index contributed by atoms with van der Waals surface area (Å²) in [4.78, 5) is 0. The molecule has 0 saturated heterocycles. The predicted molar refractivity (Wildman–Crippen MR) is 262 cm³/mol. The van der Waals surface area contributed by atoms with Gasteiger partial charge in [-0.25, -0.2) is 0 Å². The number of hydrogen-bond acceptors (Lipinski definition) is 1. The molecule has 0 bridgehead atoms. The number of allylic oxidation sites excluding steroid dienone is 4. The Balaban J connectivity index is 0.00000108. The zero-order valence-corrected chi connectivity index (χ0v) is 35.2. The first kappa shape index (κ1) is 37.9. The van der Waals surface area contributed by atoms with E-state index in [4.69, 9.17) is 4.42 Å². The minimum absolute atomic E-state index is 0.906. The van der Waals surface area contributed by atoms with E-state index in [1.807, 2.05) is 39.8 Å². The summed E-state index contributed by atoms with van der Waals surface area (Å²) in [5.41, 5.74) is 16.3. The van der Waals surface area contributed by atoms with E-state index >= 15 is 0 Å². The third kappa shape index (κ3) is 6.45. The third-order valence-electron chi connectivity index (χ3n) is 11.9. The van der Waals surface area contributed by atoms with E-state index in [-0.39, 0.29) is 0 Å². The standard InChI is InChI=1S/C54H36N2O.2C2H6/c1-2-11-35(12-3-1)36-21-23-37(24-22-36)38-13-10-14-41(31-38)55-49-18-7-4-15-43(49)46-32-39(25-28-51(46)55)40-26-29-52-47(33-40)44-16-5-8-19-50(44)56(52)42-27-30-54-48(34-42)45-17-6-9-20-53(45)57-54;2*1-2/h2,4-34H,1,3H2;2*1-2H3. The number of nitrogens with zero attached hydrogens (tertiary/aromatic N) is 2. The number of hydrogen-bond donors (Lipinski definition) is 0. The molecular weight excluding hydrogens is 741 g/mol. The largest absolute Gasteiger partial charge is 0.456 e. The number of furan rings is 1. The van der Waals surface area contributed by atoms with Gasteiger partial charge >= 0.3 is 0 Å². The molecule has 61 heavy (non-hydrogen) atoms. The van der Waals surface area contributed by atoms with Gasteiger partial charge in [-0.1, -0.05) is 149 Å². The Labute approximate surface area is 357 Å². The number of benzene rings is 8. The Hall–Kier alpha value is -7.36. The second kappa shape index (κ2) is 16.0. The highest BCUT2D eigenvalue weighted by molar-refractivity contribution is 6.13. The molecule has 3 nitrogen and oxygen atoms in total. The lowest BCUT2D eigenvalue weighted by molar-refractivity contribution is 0.669. The molecule has 0 radical (unpaired) electrons. The summed E-state index contributed by atoms with van der Waals surface area (Å²) in [5, 5.41) is 7.23. The average molecular weight is 789 g/mol. The van der Waals surface area contributed by atoms with Crippen LogP contribution in [0.25, 0.3) is 105 Å². The maximum atomic E-state index is 6.18. The lowest BCUT2D eigenvalue weighted by Gasteiger charge is -2.12. The summed E-state index contributed by atoms with van der Waals surface area (Å²) in [7, 11) is 0. The van der Waals surface area contributed by atoms with Crippen LogP contribution in [0, 0.1) is 0 Å². The molecule has 0 spiro atoms. The van der Waals surface area contributed by atoms with Crippen molar-refractivity contribution in [1.82, 2.24) is 9.13 Å². The number of para-hydroxylation sites is 3. The molecule has 3 heteroatoms. The Kier molecular flexibility index (Phi) is 9.94. The summed E-state index contributed by atoms with van der Waals surface area (Å²) >= 11 is 0. The maximum absolute atomic E-state index is 6.18. The van der Waals surface area contributed by atoms with E-state index in [9.17, 15) is 0 Å². The molecular formula is C58H48N2O. The van der Waals surface area contributed by atoms with Crippen LogP contribution >= 0.6 is 0 Å². The number of fused-ring (bicyclic) bond motifs is 9. The van der Waals surface area contributed by atoms with Crippen molar-refractivity contribution in [2.24, 2.45) is 0 Å². The summed E-state index contributed by atoms with van der Waals surface area (Å²) in [6.45, 7) is 8.00. The van der Waals surface area contributed by atoms with Crippen molar-refractivity contribution in [2.75, 3.05) is 0 Å². The first-order valence-corrected chi connectivity index (χ1v) is 21.8. The Morgan fingerprint density at radius 2 is 0.885 bits per heavy atom. The molecule has 12 rings (SSSR count). The van der Waals surface area contributed by atoms with Crippen LogP contribution in [0.4, 0.5) is 0 Å². The van der Waals surface area contributed by atoms with Crippen LogP contribution in [0.3, 0.4) is 0 Å². The van der Waals surface area contributed by atoms with Crippen LogP contribution in [-0.2, 0) is 0 Å². The molecule has 1 aliphatic carbocycles. The van der Waals surface area contributed by atoms with Crippen molar-refractivity contribution in [3.05, 3.63) is 200 Å². The van der Waals surface area contributed by atoms with Crippen LogP contribution in [0.5, 0.6) is 0 Å². The monoisotopic (exact) mass is 788 g/mol. The summed E-state index contributed by atoms with van der Waals surface area (Å²) in [6.07, 6.45) is 9.09. The molecule has 1 aliphatic rings. The van der Waals surface area contributed by atoms with Gasteiger partial charge in [0.15, 0.2) is 0 Å². The molecule has 0 aliphatic heterocycles. The highest BCUT2D eigenvalue weighted by atomic mass is 16.3. The van der Waals surface area contributed by atoms with Crippen molar-refractivity contribution in [3.8, 4) is 33.6 Å². The molecule has 11 aromatic rings. The Morgan fingerprint density at radius 3 is 1.52 bits per heavy atom. The molecule has 3 heterocycles. The Bertz CT molecular complexity index is 3460. The van der Waals surface area contributed by atoms with Crippen LogP contribution in [0.2, 0.25) is 0 Å². The molecule has 0 saturated carbocycles. The van der Waals surface area contributed by atoms with Crippen molar-refractivity contribution in [2.45, 2.75) is 40.5 Å². The second-order valence-electron chi connectivity index (χ2n) is 15.2. The topological polar surface area (TPSA) is 23.0 Å². The van der Waals surface area contributed by atoms with Gasteiger partial charge in [-0.15, -0.1) is 0 Å². The van der Waals surface area contributed by atoms with Gasteiger partial charge in [0.2, 0.25) is 0 Å². The first-order valence-electron chi connectivity index (χ1n) is 21.8. The molecule has 0 fully saturated rings. The molecule has 0 N–H and O–H groups in total. The van der Waals surface area contributed by atoms with Gasteiger partial charge in [0.05, 0.1) is 22.1 Å². The van der Waals surface area contributed by atoms with Crippen LogP contribution < -0.4 is 0 Å². The van der Waals surface area contributed by atoms with E-state index in [0.717, 1.165) is 46.2 Å². The SMILES string of the molecule is C1=CC(c2ccc(-c3cccc(-n4c5ccccc5c5cc(-c6ccc7c(c6)c6ccccc6n7-c6ccc7oc8ccccc8c7c6)ccc54)c3)cc2)=CCC1.CC.CC. The van der Waals surface area contributed by atoms with E-state index in [1.54, 1.807) is 0 Å². The smallest absolute Gasteiger partial charge is 0.135 e. The van der Waals surface area contributed by atoms with Crippen molar-refractivity contribution >= 4 is 71.1 Å². The lowest BCUT2D eigenvalue weighted by Crippen LogP contribution is -1.94. The molecule has 3 aromatic heterocycles. The van der Waals surface area contributed by atoms with Crippen molar-refractivity contribution < 1.29 is 4.42 Å². The summed E-state index contributed by atoms with van der Waals surface area (Å²) in [5.74, 6) is 0. The van der Waals surface area contributed by atoms with Gasteiger partial charge in [0.25, 0.3) is 0 Å². The average Bonchev–Trinajstić information content (AvgIpc) is 4.00. The van der Waals surface area contributed by atoms with E-state index < -0.39 is 0 Å². The summed E-state index contributed by atoms with van der Waals surface area (Å²) < 4.78 is 11.0. The quantitative estimate of drug-likeness (QED) is 0.170. The van der Waals surface area contributed by atoms with E-state index in [2.05, 4.69) is 191 Å². The normalized spacial score (nSPS) is 12.5. The fourth-order valence-corrected chi connectivity index (χ4v) is 9.22. The Morgan fingerprint density at radius 1 is 0.361 bits per heavy atom.